The van der Waals surface area contributed by atoms with Gasteiger partial charge in [0, 0.05) is 42.3 Å². The Morgan fingerprint density at radius 3 is 2.70 bits per heavy atom. The van der Waals surface area contributed by atoms with Crippen LogP contribution in [0.1, 0.15) is 48.9 Å². The lowest BCUT2D eigenvalue weighted by molar-refractivity contribution is -0.166. The van der Waals surface area contributed by atoms with Gasteiger partial charge in [-0.05, 0) is 50.3 Å². The Bertz CT molecular complexity index is 1500. The zero-order chi connectivity index (χ0) is 25.1. The normalized spacial score (nSPS) is 20.2. The Morgan fingerprint density at radius 1 is 1.16 bits per heavy atom. The van der Waals surface area contributed by atoms with Gasteiger partial charge in [-0.25, -0.2) is 4.52 Å². The Labute approximate surface area is 215 Å². The summed E-state index contributed by atoms with van der Waals surface area (Å²) in [5.74, 6) is 0.606. The number of aromatic nitrogens is 5. The summed E-state index contributed by atoms with van der Waals surface area (Å²) in [5, 5.41) is 18.9. The molecular formula is C28H29N7O2. The van der Waals surface area contributed by atoms with E-state index in [4.69, 9.17) is 14.6 Å². The highest BCUT2D eigenvalue weighted by Gasteiger charge is 2.55. The van der Waals surface area contributed by atoms with Gasteiger partial charge >= 0.3 is 0 Å². The van der Waals surface area contributed by atoms with Crippen molar-refractivity contribution in [3.8, 4) is 22.9 Å². The van der Waals surface area contributed by atoms with E-state index in [0.29, 0.717) is 34.3 Å². The van der Waals surface area contributed by atoms with Crippen molar-refractivity contribution in [2.75, 3.05) is 26.3 Å². The van der Waals surface area contributed by atoms with Gasteiger partial charge < -0.3 is 9.47 Å². The van der Waals surface area contributed by atoms with Crippen LogP contribution >= 0.6 is 0 Å². The van der Waals surface area contributed by atoms with E-state index in [1.54, 1.807) is 16.9 Å². The fraction of sp³-hybridized carbons (Fsp3) is 0.429. The van der Waals surface area contributed by atoms with E-state index >= 15 is 0 Å². The average molecular weight is 496 g/mol. The number of pyridine rings is 2. The molecule has 3 aliphatic rings. The monoisotopic (exact) mass is 495 g/mol. The molecular weight excluding hydrogens is 466 g/mol. The average Bonchev–Trinajstić information content (AvgIpc) is 3.42. The van der Waals surface area contributed by atoms with Gasteiger partial charge in [0.2, 0.25) is 0 Å². The molecule has 7 rings (SSSR count). The summed E-state index contributed by atoms with van der Waals surface area (Å²) >= 11 is 0. The van der Waals surface area contributed by atoms with E-state index < -0.39 is 0 Å². The van der Waals surface area contributed by atoms with Crippen LogP contribution in [0, 0.1) is 23.7 Å². The molecule has 3 fully saturated rings. The first-order chi connectivity index (χ1) is 18.0. The lowest BCUT2D eigenvalue weighted by atomic mass is 9.60. The van der Waals surface area contributed by atoms with Crippen molar-refractivity contribution in [2.45, 2.75) is 44.9 Å². The summed E-state index contributed by atoms with van der Waals surface area (Å²) in [6.45, 7) is 8.27. The van der Waals surface area contributed by atoms with Gasteiger partial charge in [0.25, 0.3) is 0 Å². The van der Waals surface area contributed by atoms with Crippen LogP contribution in [0.5, 0.6) is 5.75 Å². The summed E-state index contributed by atoms with van der Waals surface area (Å²) in [7, 11) is 0. The number of hydrogen-bond donors (Lipinski definition) is 0. The molecule has 37 heavy (non-hydrogen) atoms. The number of likely N-dealkylation sites (tertiary alicyclic amines) is 1. The number of ether oxygens (including phenoxy) is 2. The maximum Gasteiger partial charge on any atom is 0.148 e. The molecule has 1 spiro atoms. The Morgan fingerprint density at radius 2 is 2.00 bits per heavy atom. The molecule has 9 heteroatoms. The van der Waals surface area contributed by atoms with Crippen LogP contribution < -0.4 is 4.74 Å². The van der Waals surface area contributed by atoms with Gasteiger partial charge in [0.15, 0.2) is 0 Å². The Hall–Kier alpha value is -3.74. The maximum absolute atomic E-state index is 9.67. The topological polar surface area (TPSA) is 93.5 Å². The van der Waals surface area contributed by atoms with E-state index in [9.17, 15) is 5.26 Å². The van der Waals surface area contributed by atoms with E-state index in [-0.39, 0.29) is 6.10 Å². The fourth-order valence-corrected chi connectivity index (χ4v) is 6.22. The third-order valence-corrected chi connectivity index (χ3v) is 8.36. The SMILES string of the molecule is Cc1c(-c2cc(O[C@H](C)c3ccccn3)c3c(C#N)cnn3c2)cnn1C1CC2(C1)CN(C1COC1)C2. The van der Waals surface area contributed by atoms with Crippen molar-refractivity contribution in [2.24, 2.45) is 5.41 Å². The van der Waals surface area contributed by atoms with Gasteiger partial charge in [-0.2, -0.15) is 15.5 Å². The van der Waals surface area contributed by atoms with Gasteiger partial charge in [-0.3, -0.25) is 14.6 Å². The molecule has 0 amide bonds. The predicted octanol–water partition coefficient (Wildman–Crippen LogP) is 3.95. The van der Waals surface area contributed by atoms with Crippen molar-refractivity contribution >= 4 is 5.52 Å². The molecule has 4 aromatic heterocycles. The second-order valence-electron chi connectivity index (χ2n) is 10.8. The second kappa shape index (κ2) is 8.40. The first kappa shape index (κ1) is 22.5. The molecule has 0 bridgehead atoms. The summed E-state index contributed by atoms with van der Waals surface area (Å²) in [6.07, 6.45) is 9.31. The van der Waals surface area contributed by atoms with Gasteiger partial charge in [0.1, 0.15) is 29.0 Å². The highest BCUT2D eigenvalue weighted by atomic mass is 16.5. The van der Waals surface area contributed by atoms with Crippen LogP contribution in [0.25, 0.3) is 16.6 Å². The standard InChI is InChI=1S/C28H29N7O2/c1-18-24(12-32-35(18)22-8-28(9-22)16-33(17-28)23-14-36-15-23)20-7-26(27-21(10-29)11-31-34(27)13-20)37-19(2)25-5-3-4-6-30-25/h3-7,11-13,19,22-23H,8-9,14-17H2,1-2H3/t19-/m1/s1. The number of rotatable bonds is 6. The van der Waals surface area contributed by atoms with Crippen molar-refractivity contribution < 1.29 is 9.47 Å². The quantitative estimate of drug-likeness (QED) is 0.400. The van der Waals surface area contributed by atoms with E-state index in [2.05, 4.69) is 32.7 Å². The summed E-state index contributed by atoms with van der Waals surface area (Å²) in [6, 6.07) is 11.1. The number of fused-ring (bicyclic) bond motifs is 1. The number of hydrogen-bond acceptors (Lipinski definition) is 7. The van der Waals surface area contributed by atoms with Crippen LogP contribution in [-0.2, 0) is 4.74 Å². The van der Waals surface area contributed by atoms with Gasteiger partial charge in [0.05, 0.1) is 43.4 Å². The minimum Gasteiger partial charge on any atom is -0.482 e. The molecule has 0 aromatic carbocycles. The molecule has 2 aliphatic heterocycles. The molecule has 0 N–H and O–H groups in total. The predicted molar refractivity (Wildman–Crippen MR) is 136 cm³/mol. The number of nitrogens with zero attached hydrogens (tertiary/aromatic N) is 7. The molecule has 6 heterocycles. The molecule has 4 aromatic rings. The third kappa shape index (κ3) is 3.63. The van der Waals surface area contributed by atoms with Crippen LogP contribution in [0.2, 0.25) is 0 Å². The molecule has 0 radical (unpaired) electrons. The van der Waals surface area contributed by atoms with Crippen LogP contribution in [-0.4, -0.2) is 61.6 Å². The minimum absolute atomic E-state index is 0.287. The van der Waals surface area contributed by atoms with Crippen LogP contribution in [0.3, 0.4) is 0 Å². The Kier molecular flexibility index (Phi) is 5.10. The zero-order valence-electron chi connectivity index (χ0n) is 21.0. The highest BCUT2D eigenvalue weighted by Crippen LogP contribution is 2.55. The lowest BCUT2D eigenvalue weighted by Gasteiger charge is -2.62. The van der Waals surface area contributed by atoms with Gasteiger partial charge in [-0.15, -0.1) is 0 Å². The highest BCUT2D eigenvalue weighted by molar-refractivity contribution is 5.76. The first-order valence-electron chi connectivity index (χ1n) is 12.9. The molecule has 1 saturated carbocycles. The lowest BCUT2D eigenvalue weighted by Crippen LogP contribution is -2.68. The van der Waals surface area contributed by atoms with Crippen molar-refractivity contribution in [3.63, 3.8) is 0 Å². The van der Waals surface area contributed by atoms with Crippen molar-refractivity contribution in [1.82, 2.24) is 29.3 Å². The van der Waals surface area contributed by atoms with Gasteiger partial charge in [-0.1, -0.05) is 6.07 Å². The number of nitriles is 1. The summed E-state index contributed by atoms with van der Waals surface area (Å²) in [4.78, 5) is 7.00. The molecule has 188 valence electrons. The summed E-state index contributed by atoms with van der Waals surface area (Å²) < 4.78 is 15.7. The zero-order valence-corrected chi connectivity index (χ0v) is 21.0. The van der Waals surface area contributed by atoms with Crippen LogP contribution in [0.15, 0.2) is 49.1 Å². The molecule has 2 saturated heterocycles. The third-order valence-electron chi connectivity index (χ3n) is 8.36. The van der Waals surface area contributed by atoms with E-state index in [1.807, 2.05) is 43.6 Å². The second-order valence-corrected chi connectivity index (χ2v) is 10.8. The fourth-order valence-electron chi connectivity index (χ4n) is 6.22. The minimum atomic E-state index is -0.287. The first-order valence-corrected chi connectivity index (χ1v) is 12.9. The molecule has 0 unspecified atom stereocenters. The molecule has 9 nitrogen and oxygen atoms in total. The van der Waals surface area contributed by atoms with Crippen molar-refractivity contribution in [3.05, 3.63) is 66.0 Å². The molecule has 1 aliphatic carbocycles. The largest absolute Gasteiger partial charge is 0.482 e. The molecule has 1 atom stereocenters. The van der Waals surface area contributed by atoms with E-state index in [0.717, 1.165) is 35.7 Å². The van der Waals surface area contributed by atoms with Crippen LogP contribution in [0.4, 0.5) is 0 Å². The smallest absolute Gasteiger partial charge is 0.148 e. The Balaban J connectivity index is 1.16. The van der Waals surface area contributed by atoms with Crippen molar-refractivity contribution in [1.29, 1.82) is 5.26 Å². The maximum atomic E-state index is 9.67. The summed E-state index contributed by atoms with van der Waals surface area (Å²) in [5.41, 5.74) is 5.57. The van der Waals surface area contributed by atoms with E-state index in [1.165, 1.54) is 25.9 Å².